The van der Waals surface area contributed by atoms with Crippen molar-refractivity contribution >= 4 is 17.5 Å². The summed E-state index contributed by atoms with van der Waals surface area (Å²) in [6, 6.07) is 15.3. The molecule has 6 nitrogen and oxygen atoms in total. The Morgan fingerprint density at radius 1 is 1.19 bits per heavy atom. The molecule has 0 radical (unpaired) electrons. The van der Waals surface area contributed by atoms with E-state index in [0.29, 0.717) is 22.4 Å². The van der Waals surface area contributed by atoms with Crippen molar-refractivity contribution in [2.75, 3.05) is 12.9 Å². The Labute approximate surface area is 162 Å². The van der Waals surface area contributed by atoms with Crippen LogP contribution in [-0.4, -0.2) is 38.9 Å². The summed E-state index contributed by atoms with van der Waals surface area (Å²) in [5.41, 5.74) is 2.69. The highest BCUT2D eigenvalue weighted by atomic mass is 32.2. The van der Waals surface area contributed by atoms with Gasteiger partial charge in [0.25, 0.3) is 0 Å². The topological polar surface area (TPSA) is 69.9 Å². The maximum atomic E-state index is 12.5. The molecule has 2 aromatic carbocycles. The molecule has 0 spiro atoms. The van der Waals surface area contributed by atoms with E-state index >= 15 is 0 Å². The van der Waals surface area contributed by atoms with E-state index in [1.54, 1.807) is 11.8 Å². The quantitative estimate of drug-likeness (QED) is 0.430. The van der Waals surface area contributed by atoms with E-state index in [-0.39, 0.29) is 11.5 Å². The van der Waals surface area contributed by atoms with Gasteiger partial charge in [-0.05, 0) is 40.5 Å². The SMILES string of the molecule is CCC(C)c1ccc(C(=O)CSc2nnnn2-c2ccccc2OC)cc1. The third-order valence-electron chi connectivity index (χ3n) is 4.50. The summed E-state index contributed by atoms with van der Waals surface area (Å²) in [6.07, 6.45) is 1.08. The summed E-state index contributed by atoms with van der Waals surface area (Å²) in [5, 5.41) is 12.4. The Bertz CT molecular complexity index is 908. The molecule has 27 heavy (non-hydrogen) atoms. The zero-order valence-corrected chi connectivity index (χ0v) is 16.4. The molecule has 0 fully saturated rings. The zero-order valence-electron chi connectivity index (χ0n) is 15.6. The van der Waals surface area contributed by atoms with Crippen LogP contribution in [0.25, 0.3) is 5.69 Å². The Balaban J connectivity index is 1.71. The molecular weight excluding hydrogens is 360 g/mol. The standard InChI is InChI=1S/C20H22N4O2S/c1-4-14(2)15-9-11-16(12-10-15)18(25)13-27-20-21-22-23-24(20)17-7-5-6-8-19(17)26-3/h5-12,14H,4,13H2,1-3H3. The predicted octanol–water partition coefficient (Wildman–Crippen LogP) is 4.16. The molecule has 1 heterocycles. The van der Waals surface area contributed by atoms with Gasteiger partial charge in [-0.15, -0.1) is 5.10 Å². The van der Waals surface area contributed by atoms with Crippen molar-refractivity contribution in [3.8, 4) is 11.4 Å². The fraction of sp³-hybridized carbons (Fsp3) is 0.300. The van der Waals surface area contributed by atoms with E-state index in [2.05, 4.69) is 29.4 Å². The predicted molar refractivity (Wildman–Crippen MR) is 106 cm³/mol. The molecule has 0 aliphatic carbocycles. The van der Waals surface area contributed by atoms with Crippen molar-refractivity contribution in [1.29, 1.82) is 0 Å². The average molecular weight is 382 g/mol. The molecule has 0 N–H and O–H groups in total. The van der Waals surface area contributed by atoms with Crippen LogP contribution in [0.15, 0.2) is 53.7 Å². The van der Waals surface area contributed by atoms with Gasteiger partial charge in [-0.2, -0.15) is 4.68 Å². The van der Waals surface area contributed by atoms with Crippen LogP contribution < -0.4 is 4.74 Å². The lowest BCUT2D eigenvalue weighted by Crippen LogP contribution is -2.06. The molecule has 3 rings (SSSR count). The van der Waals surface area contributed by atoms with E-state index in [1.807, 2.05) is 48.5 Å². The van der Waals surface area contributed by atoms with Crippen LogP contribution in [0, 0.1) is 0 Å². The number of aromatic nitrogens is 4. The van der Waals surface area contributed by atoms with Crippen molar-refractivity contribution < 1.29 is 9.53 Å². The Morgan fingerprint density at radius 2 is 1.93 bits per heavy atom. The van der Waals surface area contributed by atoms with Crippen LogP contribution in [0.2, 0.25) is 0 Å². The summed E-state index contributed by atoms with van der Waals surface area (Å²) < 4.78 is 6.95. The molecule has 1 unspecified atom stereocenters. The minimum Gasteiger partial charge on any atom is -0.494 e. The average Bonchev–Trinajstić information content (AvgIpc) is 3.19. The summed E-state index contributed by atoms with van der Waals surface area (Å²) in [6.45, 7) is 4.34. The summed E-state index contributed by atoms with van der Waals surface area (Å²) >= 11 is 1.31. The van der Waals surface area contributed by atoms with Crippen molar-refractivity contribution in [3.05, 3.63) is 59.7 Å². The number of tetrazole rings is 1. The first-order chi connectivity index (χ1) is 13.1. The molecule has 0 saturated carbocycles. The highest BCUT2D eigenvalue weighted by Crippen LogP contribution is 2.26. The normalized spacial score (nSPS) is 12.0. The lowest BCUT2D eigenvalue weighted by atomic mass is 9.97. The number of hydrogen-bond acceptors (Lipinski definition) is 6. The first-order valence-electron chi connectivity index (χ1n) is 8.81. The summed E-state index contributed by atoms with van der Waals surface area (Å²) in [4.78, 5) is 12.5. The van der Waals surface area contributed by atoms with Crippen molar-refractivity contribution in [2.24, 2.45) is 0 Å². The van der Waals surface area contributed by atoms with Crippen molar-refractivity contribution in [1.82, 2.24) is 20.2 Å². The second-order valence-electron chi connectivity index (χ2n) is 6.19. The maximum absolute atomic E-state index is 12.5. The number of carbonyl (C=O) groups is 1. The zero-order chi connectivity index (χ0) is 19.2. The van der Waals surface area contributed by atoms with Crippen LogP contribution in [-0.2, 0) is 0 Å². The highest BCUT2D eigenvalue weighted by molar-refractivity contribution is 7.99. The van der Waals surface area contributed by atoms with E-state index in [1.165, 1.54) is 17.3 Å². The van der Waals surface area contributed by atoms with Gasteiger partial charge in [-0.1, -0.05) is 62.0 Å². The van der Waals surface area contributed by atoms with Gasteiger partial charge in [0.05, 0.1) is 12.9 Å². The number of nitrogens with zero attached hydrogens (tertiary/aromatic N) is 4. The van der Waals surface area contributed by atoms with Crippen molar-refractivity contribution in [2.45, 2.75) is 31.3 Å². The van der Waals surface area contributed by atoms with Gasteiger partial charge in [-0.3, -0.25) is 4.79 Å². The Hall–Kier alpha value is -2.67. The van der Waals surface area contributed by atoms with Crippen LogP contribution in [0.1, 0.15) is 42.1 Å². The molecule has 1 aromatic heterocycles. The third kappa shape index (κ3) is 4.36. The molecule has 3 aromatic rings. The molecule has 0 amide bonds. The highest BCUT2D eigenvalue weighted by Gasteiger charge is 2.15. The number of ether oxygens (including phenoxy) is 1. The number of Topliss-reactive ketones (excluding diaryl/α,β-unsaturated/α-hetero) is 1. The largest absolute Gasteiger partial charge is 0.494 e. The number of rotatable bonds is 8. The van der Waals surface area contributed by atoms with Crippen LogP contribution in [0.4, 0.5) is 0 Å². The fourth-order valence-electron chi connectivity index (χ4n) is 2.67. The third-order valence-corrected chi connectivity index (χ3v) is 5.42. The molecule has 0 aliphatic rings. The van der Waals surface area contributed by atoms with Gasteiger partial charge in [-0.25, -0.2) is 0 Å². The first kappa shape index (κ1) is 19.1. The van der Waals surface area contributed by atoms with Crippen LogP contribution in [0.3, 0.4) is 0 Å². The second-order valence-corrected chi connectivity index (χ2v) is 7.13. The molecule has 1 atom stereocenters. The number of methoxy groups -OCH3 is 1. The van der Waals surface area contributed by atoms with E-state index in [4.69, 9.17) is 4.74 Å². The molecule has 140 valence electrons. The molecule has 0 bridgehead atoms. The number of hydrogen-bond donors (Lipinski definition) is 0. The summed E-state index contributed by atoms with van der Waals surface area (Å²) in [7, 11) is 1.60. The molecule has 7 heteroatoms. The van der Waals surface area contributed by atoms with Crippen LogP contribution >= 0.6 is 11.8 Å². The second kappa shape index (κ2) is 8.81. The first-order valence-corrected chi connectivity index (χ1v) is 9.80. The smallest absolute Gasteiger partial charge is 0.214 e. The number of para-hydroxylation sites is 2. The Morgan fingerprint density at radius 3 is 2.63 bits per heavy atom. The van der Waals surface area contributed by atoms with Gasteiger partial charge in [0.15, 0.2) is 5.78 Å². The van der Waals surface area contributed by atoms with E-state index in [0.717, 1.165) is 12.1 Å². The van der Waals surface area contributed by atoms with Gasteiger partial charge >= 0.3 is 0 Å². The lowest BCUT2D eigenvalue weighted by molar-refractivity contribution is 0.102. The van der Waals surface area contributed by atoms with Gasteiger partial charge < -0.3 is 4.74 Å². The monoisotopic (exact) mass is 382 g/mol. The summed E-state index contributed by atoms with van der Waals surface area (Å²) in [5.74, 6) is 1.47. The molecular formula is C20H22N4O2S. The minimum atomic E-state index is 0.0466. The number of benzene rings is 2. The molecule has 0 saturated heterocycles. The van der Waals surface area contributed by atoms with E-state index in [9.17, 15) is 4.79 Å². The van der Waals surface area contributed by atoms with Gasteiger partial charge in [0, 0.05) is 5.56 Å². The van der Waals surface area contributed by atoms with Crippen molar-refractivity contribution in [3.63, 3.8) is 0 Å². The number of carbonyl (C=O) groups excluding carboxylic acids is 1. The fourth-order valence-corrected chi connectivity index (χ4v) is 3.45. The number of ketones is 1. The Kier molecular flexibility index (Phi) is 6.24. The maximum Gasteiger partial charge on any atom is 0.214 e. The van der Waals surface area contributed by atoms with Crippen LogP contribution in [0.5, 0.6) is 5.75 Å². The minimum absolute atomic E-state index is 0.0466. The number of thioether (sulfide) groups is 1. The van der Waals surface area contributed by atoms with Gasteiger partial charge in [0.1, 0.15) is 11.4 Å². The lowest BCUT2D eigenvalue weighted by Gasteiger charge is -2.10. The van der Waals surface area contributed by atoms with E-state index < -0.39 is 0 Å². The van der Waals surface area contributed by atoms with Gasteiger partial charge in [0.2, 0.25) is 5.16 Å². The molecule has 0 aliphatic heterocycles.